The Kier molecular flexibility index (Phi) is 6.02. The summed E-state index contributed by atoms with van der Waals surface area (Å²) >= 11 is 0. The Balaban J connectivity index is 1.74. The summed E-state index contributed by atoms with van der Waals surface area (Å²) in [4.78, 5) is 16.7. The van der Waals surface area contributed by atoms with E-state index in [4.69, 9.17) is 0 Å². The Morgan fingerprint density at radius 1 is 1.26 bits per heavy atom. The topological polar surface area (TPSA) is 55.8 Å². The van der Waals surface area contributed by atoms with Crippen molar-refractivity contribution >= 4 is 11.6 Å². The van der Waals surface area contributed by atoms with Gasteiger partial charge in [0.1, 0.15) is 0 Å². The zero-order chi connectivity index (χ0) is 16.9. The van der Waals surface area contributed by atoms with Gasteiger partial charge in [-0.3, -0.25) is 9.69 Å². The summed E-state index contributed by atoms with van der Waals surface area (Å²) in [6.45, 7) is 10.4. The fraction of sp³-hybridized carbons (Fsp3) is 0.611. The second-order valence-electron chi connectivity index (χ2n) is 7.01. The first-order valence-corrected chi connectivity index (χ1v) is 8.35. The zero-order valence-electron chi connectivity index (χ0n) is 14.5. The zero-order valence-corrected chi connectivity index (χ0v) is 14.5. The van der Waals surface area contributed by atoms with E-state index in [2.05, 4.69) is 46.3 Å². The minimum Gasteiger partial charge on any atom is -0.394 e. The van der Waals surface area contributed by atoms with Gasteiger partial charge in [0.25, 0.3) is 0 Å². The number of aliphatic hydroxyl groups excluding tert-OH is 1. The minimum absolute atomic E-state index is 0.00478. The number of carbonyl (C=O) groups excluding carboxylic acids is 1. The Morgan fingerprint density at radius 2 is 1.96 bits per heavy atom. The van der Waals surface area contributed by atoms with Gasteiger partial charge < -0.3 is 15.3 Å². The smallest absolute Gasteiger partial charge is 0.221 e. The molecule has 1 aliphatic heterocycles. The summed E-state index contributed by atoms with van der Waals surface area (Å²) in [6, 6.07) is 8.60. The minimum atomic E-state index is -0.541. The molecule has 0 atom stereocenters. The van der Waals surface area contributed by atoms with Crippen molar-refractivity contribution in [2.45, 2.75) is 32.7 Å². The molecular weight excluding hydrogens is 290 g/mol. The first-order valence-electron chi connectivity index (χ1n) is 8.35. The molecule has 0 radical (unpaired) electrons. The van der Waals surface area contributed by atoms with Crippen molar-refractivity contribution in [3.8, 4) is 0 Å². The van der Waals surface area contributed by atoms with Gasteiger partial charge in [0.15, 0.2) is 0 Å². The van der Waals surface area contributed by atoms with Gasteiger partial charge in [-0.05, 0) is 38.5 Å². The SMILES string of the molecule is Cc1cccc(N2CCN(CCC(=O)NC(C)(C)CO)CC2)c1. The van der Waals surface area contributed by atoms with E-state index in [-0.39, 0.29) is 12.5 Å². The molecule has 1 amide bonds. The summed E-state index contributed by atoms with van der Waals surface area (Å²) in [5.74, 6) is 0.00478. The molecule has 5 heteroatoms. The van der Waals surface area contributed by atoms with Crippen LogP contribution in [0.25, 0.3) is 0 Å². The standard InChI is InChI=1S/C18H29N3O2/c1-15-5-4-6-16(13-15)21-11-9-20(10-12-21)8-7-17(23)19-18(2,3)14-22/h4-6,13,22H,7-12,14H2,1-3H3,(H,19,23). The van der Waals surface area contributed by atoms with Gasteiger partial charge in [-0.25, -0.2) is 0 Å². The van der Waals surface area contributed by atoms with Crippen molar-refractivity contribution in [2.75, 3.05) is 44.2 Å². The lowest BCUT2D eigenvalue weighted by Gasteiger charge is -2.36. The largest absolute Gasteiger partial charge is 0.394 e. The van der Waals surface area contributed by atoms with Crippen molar-refractivity contribution in [3.05, 3.63) is 29.8 Å². The van der Waals surface area contributed by atoms with Crippen LogP contribution in [0.2, 0.25) is 0 Å². The highest BCUT2D eigenvalue weighted by atomic mass is 16.3. The molecule has 0 saturated carbocycles. The van der Waals surface area contributed by atoms with Crippen molar-refractivity contribution in [1.82, 2.24) is 10.2 Å². The van der Waals surface area contributed by atoms with E-state index in [1.54, 1.807) is 0 Å². The number of benzene rings is 1. The van der Waals surface area contributed by atoms with E-state index >= 15 is 0 Å². The number of amides is 1. The number of rotatable bonds is 6. The molecule has 0 bridgehead atoms. The summed E-state index contributed by atoms with van der Waals surface area (Å²) in [5.41, 5.74) is 2.03. The highest BCUT2D eigenvalue weighted by Crippen LogP contribution is 2.17. The second kappa shape index (κ2) is 7.79. The lowest BCUT2D eigenvalue weighted by Crippen LogP contribution is -2.49. The molecule has 1 saturated heterocycles. The van der Waals surface area contributed by atoms with Crippen LogP contribution in [-0.2, 0) is 4.79 Å². The summed E-state index contributed by atoms with van der Waals surface area (Å²) in [5, 5.41) is 12.0. The summed E-state index contributed by atoms with van der Waals surface area (Å²) in [7, 11) is 0. The molecule has 5 nitrogen and oxygen atoms in total. The molecular formula is C18H29N3O2. The monoisotopic (exact) mass is 319 g/mol. The first-order chi connectivity index (χ1) is 10.9. The first kappa shape index (κ1) is 17.8. The van der Waals surface area contributed by atoms with Gasteiger partial charge in [0.2, 0.25) is 5.91 Å². The molecule has 1 fully saturated rings. The van der Waals surface area contributed by atoms with Crippen LogP contribution in [-0.4, -0.2) is 60.8 Å². The van der Waals surface area contributed by atoms with Crippen molar-refractivity contribution in [1.29, 1.82) is 0 Å². The predicted molar refractivity (Wildman–Crippen MR) is 93.8 cm³/mol. The summed E-state index contributed by atoms with van der Waals surface area (Å²) < 4.78 is 0. The van der Waals surface area contributed by atoms with Crippen LogP contribution in [0, 0.1) is 6.92 Å². The molecule has 0 spiro atoms. The number of aliphatic hydroxyl groups is 1. The van der Waals surface area contributed by atoms with Gasteiger partial charge in [0, 0.05) is 44.8 Å². The number of carbonyl (C=O) groups is 1. The van der Waals surface area contributed by atoms with E-state index in [1.807, 2.05) is 13.8 Å². The third-order valence-corrected chi connectivity index (χ3v) is 4.27. The van der Waals surface area contributed by atoms with E-state index in [9.17, 15) is 9.90 Å². The van der Waals surface area contributed by atoms with Crippen LogP contribution < -0.4 is 10.2 Å². The molecule has 1 heterocycles. The van der Waals surface area contributed by atoms with Gasteiger partial charge >= 0.3 is 0 Å². The van der Waals surface area contributed by atoms with Crippen LogP contribution in [0.1, 0.15) is 25.8 Å². The van der Waals surface area contributed by atoms with E-state index < -0.39 is 5.54 Å². The van der Waals surface area contributed by atoms with E-state index in [1.165, 1.54) is 11.3 Å². The van der Waals surface area contributed by atoms with Gasteiger partial charge in [-0.2, -0.15) is 0 Å². The lowest BCUT2D eigenvalue weighted by molar-refractivity contribution is -0.123. The molecule has 1 aliphatic rings. The molecule has 1 aromatic carbocycles. The Bertz CT molecular complexity index is 523. The van der Waals surface area contributed by atoms with Crippen LogP contribution in [0.4, 0.5) is 5.69 Å². The molecule has 128 valence electrons. The molecule has 1 aromatic rings. The molecule has 0 aliphatic carbocycles. The molecule has 0 unspecified atom stereocenters. The normalized spacial score (nSPS) is 16.4. The molecule has 0 aromatic heterocycles. The Morgan fingerprint density at radius 3 is 2.57 bits per heavy atom. The van der Waals surface area contributed by atoms with Crippen molar-refractivity contribution < 1.29 is 9.90 Å². The predicted octanol–water partition coefficient (Wildman–Crippen LogP) is 1.39. The number of aryl methyl sites for hydroxylation is 1. The number of nitrogens with zero attached hydrogens (tertiary/aromatic N) is 2. The third kappa shape index (κ3) is 5.52. The van der Waals surface area contributed by atoms with Crippen LogP contribution in [0.3, 0.4) is 0 Å². The number of hydrogen-bond acceptors (Lipinski definition) is 4. The van der Waals surface area contributed by atoms with Crippen LogP contribution in [0.5, 0.6) is 0 Å². The number of anilines is 1. The fourth-order valence-corrected chi connectivity index (χ4v) is 2.79. The Labute approximate surface area is 139 Å². The fourth-order valence-electron chi connectivity index (χ4n) is 2.79. The highest BCUT2D eigenvalue weighted by molar-refractivity contribution is 5.76. The second-order valence-corrected chi connectivity index (χ2v) is 7.01. The van der Waals surface area contributed by atoms with Gasteiger partial charge in [0.05, 0.1) is 12.1 Å². The van der Waals surface area contributed by atoms with Crippen LogP contribution in [0.15, 0.2) is 24.3 Å². The third-order valence-electron chi connectivity index (χ3n) is 4.27. The molecule has 2 N–H and O–H groups in total. The van der Waals surface area contributed by atoms with Crippen molar-refractivity contribution in [2.24, 2.45) is 0 Å². The maximum atomic E-state index is 11.9. The highest BCUT2D eigenvalue weighted by Gasteiger charge is 2.21. The van der Waals surface area contributed by atoms with Gasteiger partial charge in [-0.1, -0.05) is 12.1 Å². The Hall–Kier alpha value is -1.59. The number of piperazine rings is 1. The molecule has 23 heavy (non-hydrogen) atoms. The van der Waals surface area contributed by atoms with E-state index in [0.717, 1.165) is 32.7 Å². The molecule has 2 rings (SSSR count). The average Bonchev–Trinajstić information content (AvgIpc) is 2.53. The maximum Gasteiger partial charge on any atom is 0.221 e. The van der Waals surface area contributed by atoms with Crippen molar-refractivity contribution in [3.63, 3.8) is 0 Å². The maximum absolute atomic E-state index is 11.9. The summed E-state index contributed by atoms with van der Waals surface area (Å²) in [6.07, 6.45) is 0.480. The van der Waals surface area contributed by atoms with Crippen LogP contribution >= 0.6 is 0 Å². The number of nitrogens with one attached hydrogen (secondary N) is 1. The van der Waals surface area contributed by atoms with Gasteiger partial charge in [-0.15, -0.1) is 0 Å². The number of hydrogen-bond donors (Lipinski definition) is 2. The quantitative estimate of drug-likeness (QED) is 0.832. The van der Waals surface area contributed by atoms with E-state index in [0.29, 0.717) is 6.42 Å². The lowest BCUT2D eigenvalue weighted by atomic mass is 10.1. The average molecular weight is 319 g/mol.